The topological polar surface area (TPSA) is 103 Å². The van der Waals surface area contributed by atoms with Crippen molar-refractivity contribution >= 4 is 34.6 Å². The van der Waals surface area contributed by atoms with Crippen LogP contribution in [0.5, 0.6) is 5.75 Å². The van der Waals surface area contributed by atoms with Gasteiger partial charge in [0, 0.05) is 19.7 Å². The van der Waals surface area contributed by atoms with E-state index in [2.05, 4.69) is 25.6 Å². The van der Waals surface area contributed by atoms with Crippen molar-refractivity contribution < 1.29 is 4.74 Å². The molecule has 8 heteroatoms. The number of ether oxygens (including phenoxy) is 1. The van der Waals surface area contributed by atoms with Crippen LogP contribution in [0.4, 0.5) is 23.5 Å². The van der Waals surface area contributed by atoms with Gasteiger partial charge in [-0.25, -0.2) is 4.98 Å². The van der Waals surface area contributed by atoms with Crippen LogP contribution in [-0.4, -0.2) is 33.2 Å². The largest absolute Gasteiger partial charge is 0.497 e. The number of para-hydroxylation sites is 2. The fourth-order valence-corrected chi connectivity index (χ4v) is 3.12. The molecule has 2 aromatic heterocycles. The second kappa shape index (κ2) is 8.05. The van der Waals surface area contributed by atoms with Crippen LogP contribution in [0.15, 0.2) is 54.6 Å². The van der Waals surface area contributed by atoms with Gasteiger partial charge in [-0.2, -0.15) is 9.97 Å². The molecule has 4 aromatic rings. The maximum Gasteiger partial charge on any atom is 0.223 e. The highest BCUT2D eigenvalue weighted by Crippen LogP contribution is 2.22. The standard InChI is InChI=1S/C21H23N7O/c1-28-17-6-4-3-5-16(17)24-21(28)27-19-13-18(25-20(22)26-19)23-12-11-14-7-9-15(29-2)10-8-14/h3-10,13H,11-12H2,1-2H3,(H4,22,23,24,25,26,27). The predicted octanol–water partition coefficient (Wildman–Crippen LogP) is 3.35. The molecule has 0 aliphatic rings. The first-order chi connectivity index (χ1) is 14.1. The molecular weight excluding hydrogens is 366 g/mol. The summed E-state index contributed by atoms with van der Waals surface area (Å²) in [5.74, 6) is 2.98. The van der Waals surface area contributed by atoms with Crippen molar-refractivity contribution in [2.24, 2.45) is 7.05 Å². The number of nitrogens with zero attached hydrogens (tertiary/aromatic N) is 4. The normalized spacial score (nSPS) is 10.8. The first-order valence-corrected chi connectivity index (χ1v) is 9.32. The lowest BCUT2D eigenvalue weighted by Crippen LogP contribution is -2.10. The summed E-state index contributed by atoms with van der Waals surface area (Å²) in [4.78, 5) is 13.1. The lowest BCUT2D eigenvalue weighted by atomic mass is 10.1. The molecular formula is C21H23N7O. The number of hydrogen-bond acceptors (Lipinski definition) is 7. The molecule has 148 valence electrons. The summed E-state index contributed by atoms with van der Waals surface area (Å²) in [5, 5.41) is 6.53. The van der Waals surface area contributed by atoms with E-state index < -0.39 is 0 Å². The molecule has 0 aliphatic heterocycles. The Labute approximate surface area is 168 Å². The average Bonchev–Trinajstić information content (AvgIpc) is 3.04. The van der Waals surface area contributed by atoms with Crippen LogP contribution in [-0.2, 0) is 13.5 Å². The minimum atomic E-state index is 0.195. The van der Waals surface area contributed by atoms with Crippen molar-refractivity contribution in [2.75, 3.05) is 30.0 Å². The summed E-state index contributed by atoms with van der Waals surface area (Å²) < 4.78 is 7.16. The van der Waals surface area contributed by atoms with Gasteiger partial charge in [-0.15, -0.1) is 0 Å². The van der Waals surface area contributed by atoms with Crippen LogP contribution in [0.3, 0.4) is 0 Å². The number of fused-ring (bicyclic) bond motifs is 1. The molecule has 0 saturated carbocycles. The molecule has 2 aromatic carbocycles. The van der Waals surface area contributed by atoms with Gasteiger partial charge in [-0.3, -0.25) is 0 Å². The molecule has 8 nitrogen and oxygen atoms in total. The molecule has 4 rings (SSSR count). The molecule has 0 spiro atoms. The van der Waals surface area contributed by atoms with Gasteiger partial charge in [0.15, 0.2) is 0 Å². The molecule has 0 aliphatic carbocycles. The number of rotatable bonds is 7. The van der Waals surface area contributed by atoms with Crippen molar-refractivity contribution in [1.29, 1.82) is 0 Å². The monoisotopic (exact) mass is 389 g/mol. The summed E-state index contributed by atoms with van der Waals surface area (Å²) in [6.45, 7) is 0.717. The molecule has 0 amide bonds. The van der Waals surface area contributed by atoms with E-state index in [9.17, 15) is 0 Å². The smallest absolute Gasteiger partial charge is 0.223 e. The van der Waals surface area contributed by atoms with E-state index in [-0.39, 0.29) is 5.95 Å². The Hall–Kier alpha value is -3.81. The molecule has 0 radical (unpaired) electrons. The van der Waals surface area contributed by atoms with Crippen LogP contribution >= 0.6 is 0 Å². The highest BCUT2D eigenvalue weighted by atomic mass is 16.5. The van der Waals surface area contributed by atoms with E-state index in [1.807, 2.05) is 66.2 Å². The van der Waals surface area contributed by atoms with Crippen LogP contribution in [0.25, 0.3) is 11.0 Å². The van der Waals surface area contributed by atoms with Gasteiger partial charge in [0.25, 0.3) is 0 Å². The zero-order chi connectivity index (χ0) is 20.2. The maximum absolute atomic E-state index is 5.90. The number of benzene rings is 2. The van der Waals surface area contributed by atoms with E-state index in [0.29, 0.717) is 24.1 Å². The van der Waals surface area contributed by atoms with Gasteiger partial charge >= 0.3 is 0 Å². The molecule has 0 atom stereocenters. The average molecular weight is 389 g/mol. The maximum atomic E-state index is 5.90. The van der Waals surface area contributed by atoms with Crippen molar-refractivity contribution in [3.63, 3.8) is 0 Å². The van der Waals surface area contributed by atoms with Gasteiger partial charge < -0.3 is 25.7 Å². The Morgan fingerprint density at radius 2 is 1.76 bits per heavy atom. The van der Waals surface area contributed by atoms with Gasteiger partial charge in [0.2, 0.25) is 11.9 Å². The second-order valence-electron chi connectivity index (χ2n) is 6.63. The van der Waals surface area contributed by atoms with Crippen LogP contribution in [0, 0.1) is 0 Å². The highest BCUT2D eigenvalue weighted by molar-refractivity contribution is 5.79. The molecule has 0 unspecified atom stereocenters. The summed E-state index contributed by atoms with van der Waals surface area (Å²) in [7, 11) is 3.62. The minimum Gasteiger partial charge on any atom is -0.497 e. The van der Waals surface area contributed by atoms with Gasteiger partial charge in [0.05, 0.1) is 18.1 Å². The van der Waals surface area contributed by atoms with Crippen molar-refractivity contribution in [3.8, 4) is 5.75 Å². The number of nitrogens with two attached hydrogens (primary N) is 1. The Morgan fingerprint density at radius 3 is 2.52 bits per heavy atom. The molecule has 0 fully saturated rings. The number of nitrogens with one attached hydrogen (secondary N) is 2. The number of hydrogen-bond donors (Lipinski definition) is 3. The number of methoxy groups -OCH3 is 1. The van der Waals surface area contributed by atoms with Crippen LogP contribution in [0.2, 0.25) is 0 Å². The van der Waals surface area contributed by atoms with Gasteiger partial charge in [-0.05, 0) is 36.2 Å². The molecule has 0 bridgehead atoms. The lowest BCUT2D eigenvalue weighted by molar-refractivity contribution is 0.414. The number of nitrogen functional groups attached to an aromatic ring is 1. The fourth-order valence-electron chi connectivity index (χ4n) is 3.12. The fraction of sp³-hybridized carbons (Fsp3) is 0.190. The Bertz CT molecular complexity index is 1120. The molecule has 2 heterocycles. The third-order valence-electron chi connectivity index (χ3n) is 4.65. The first-order valence-electron chi connectivity index (χ1n) is 9.32. The SMILES string of the molecule is COc1ccc(CCNc2cc(Nc3nc4ccccc4n3C)nc(N)n2)cc1. The molecule has 4 N–H and O–H groups in total. The van der Waals surface area contributed by atoms with E-state index in [1.165, 1.54) is 5.56 Å². The van der Waals surface area contributed by atoms with Gasteiger partial charge in [-0.1, -0.05) is 24.3 Å². The summed E-state index contributed by atoms with van der Waals surface area (Å²) in [5.41, 5.74) is 9.06. The van der Waals surface area contributed by atoms with Crippen molar-refractivity contribution in [2.45, 2.75) is 6.42 Å². The molecule has 29 heavy (non-hydrogen) atoms. The number of imidazole rings is 1. The third-order valence-corrected chi connectivity index (χ3v) is 4.65. The second-order valence-corrected chi connectivity index (χ2v) is 6.63. The quantitative estimate of drug-likeness (QED) is 0.445. The van der Waals surface area contributed by atoms with E-state index in [1.54, 1.807) is 7.11 Å². The highest BCUT2D eigenvalue weighted by Gasteiger charge is 2.09. The zero-order valence-electron chi connectivity index (χ0n) is 16.4. The zero-order valence-corrected chi connectivity index (χ0v) is 16.4. The Morgan fingerprint density at radius 1 is 1.00 bits per heavy atom. The summed E-state index contributed by atoms with van der Waals surface area (Å²) >= 11 is 0. The van der Waals surface area contributed by atoms with Crippen molar-refractivity contribution in [1.82, 2.24) is 19.5 Å². The number of aryl methyl sites for hydroxylation is 1. The van der Waals surface area contributed by atoms with Crippen LogP contribution in [0.1, 0.15) is 5.56 Å². The predicted molar refractivity (Wildman–Crippen MR) is 116 cm³/mol. The minimum absolute atomic E-state index is 0.195. The number of aromatic nitrogens is 4. The lowest BCUT2D eigenvalue weighted by Gasteiger charge is -2.10. The summed E-state index contributed by atoms with van der Waals surface area (Å²) in [6.07, 6.45) is 0.849. The van der Waals surface area contributed by atoms with E-state index >= 15 is 0 Å². The van der Waals surface area contributed by atoms with Crippen LogP contribution < -0.4 is 21.1 Å². The number of anilines is 4. The first kappa shape index (κ1) is 18.5. The van der Waals surface area contributed by atoms with E-state index in [4.69, 9.17) is 10.5 Å². The van der Waals surface area contributed by atoms with E-state index in [0.717, 1.165) is 23.2 Å². The summed E-state index contributed by atoms with van der Waals surface area (Å²) in [6, 6.07) is 17.8. The van der Waals surface area contributed by atoms with Crippen molar-refractivity contribution in [3.05, 3.63) is 60.2 Å². The third kappa shape index (κ3) is 4.21. The van der Waals surface area contributed by atoms with Gasteiger partial charge in [0.1, 0.15) is 17.4 Å². The Balaban J connectivity index is 1.44. The molecule has 0 saturated heterocycles. The Kier molecular flexibility index (Phi) is 5.15.